The number of nitrogens with zero attached hydrogens (tertiary/aromatic N) is 1. The van der Waals surface area contributed by atoms with E-state index in [4.69, 9.17) is 17.3 Å². The Morgan fingerprint density at radius 3 is 2.75 bits per heavy atom. The molecule has 2 N–H and O–H groups in total. The van der Waals surface area contributed by atoms with Crippen LogP contribution in [0.25, 0.3) is 0 Å². The molecule has 0 bridgehead atoms. The van der Waals surface area contributed by atoms with Crippen molar-refractivity contribution in [3.05, 3.63) is 34.6 Å². The molecular weight excluding hydrogens is 227 g/mol. The van der Waals surface area contributed by atoms with E-state index in [1.54, 1.807) is 12.1 Å². The van der Waals surface area contributed by atoms with Crippen molar-refractivity contribution in [2.75, 3.05) is 20.1 Å². The molecule has 0 radical (unpaired) electrons. The molecule has 4 heteroatoms. The minimum atomic E-state index is -0.373. The summed E-state index contributed by atoms with van der Waals surface area (Å²) in [7, 11) is 2.03. The zero-order valence-electron chi connectivity index (χ0n) is 9.71. The lowest BCUT2D eigenvalue weighted by Crippen LogP contribution is -2.25. The number of benzene rings is 1. The molecule has 0 aliphatic carbocycles. The average Bonchev–Trinajstić information content (AvgIpc) is 2.28. The number of nitrogens with two attached hydrogens (primary N) is 1. The van der Waals surface area contributed by atoms with E-state index in [9.17, 15) is 4.39 Å². The number of halogens is 2. The molecule has 0 saturated heterocycles. The van der Waals surface area contributed by atoms with E-state index < -0.39 is 0 Å². The van der Waals surface area contributed by atoms with Gasteiger partial charge in [0.15, 0.2) is 0 Å². The van der Waals surface area contributed by atoms with Crippen LogP contribution in [0.3, 0.4) is 0 Å². The van der Waals surface area contributed by atoms with Crippen molar-refractivity contribution in [2.45, 2.75) is 19.4 Å². The Kier molecular flexibility index (Phi) is 5.19. The molecule has 0 heterocycles. The van der Waals surface area contributed by atoms with E-state index in [2.05, 4.69) is 11.8 Å². The fraction of sp³-hybridized carbons (Fsp3) is 0.500. The summed E-state index contributed by atoms with van der Waals surface area (Å²) in [6.07, 6.45) is 0.954. The first-order valence-corrected chi connectivity index (χ1v) is 5.79. The molecule has 0 aliphatic rings. The van der Waals surface area contributed by atoms with E-state index in [0.29, 0.717) is 6.54 Å². The normalized spacial score (nSPS) is 13.1. The molecule has 1 unspecified atom stereocenters. The molecule has 0 saturated carbocycles. The van der Waals surface area contributed by atoms with Crippen molar-refractivity contribution in [2.24, 2.45) is 5.73 Å². The fourth-order valence-corrected chi connectivity index (χ4v) is 1.75. The monoisotopic (exact) mass is 244 g/mol. The van der Waals surface area contributed by atoms with Crippen LogP contribution in [-0.4, -0.2) is 25.0 Å². The summed E-state index contributed by atoms with van der Waals surface area (Å²) in [6.45, 7) is 3.67. The molecule has 1 aromatic carbocycles. The molecule has 0 amide bonds. The topological polar surface area (TPSA) is 29.3 Å². The molecule has 0 aliphatic heterocycles. The summed E-state index contributed by atoms with van der Waals surface area (Å²) < 4.78 is 13.0. The van der Waals surface area contributed by atoms with Gasteiger partial charge in [-0.3, -0.25) is 4.90 Å². The second kappa shape index (κ2) is 6.18. The van der Waals surface area contributed by atoms with Gasteiger partial charge in [-0.25, -0.2) is 4.39 Å². The summed E-state index contributed by atoms with van der Waals surface area (Å²) >= 11 is 5.75. The van der Waals surface area contributed by atoms with Gasteiger partial charge in [-0.15, -0.1) is 0 Å². The number of hydrogen-bond acceptors (Lipinski definition) is 2. The third kappa shape index (κ3) is 3.44. The van der Waals surface area contributed by atoms with Gasteiger partial charge in [-0.2, -0.15) is 0 Å². The van der Waals surface area contributed by atoms with Crippen LogP contribution in [-0.2, 0) is 0 Å². The molecule has 1 aromatic rings. The van der Waals surface area contributed by atoms with Crippen LogP contribution >= 0.6 is 11.6 Å². The second-order valence-corrected chi connectivity index (χ2v) is 4.38. The number of rotatable bonds is 5. The van der Waals surface area contributed by atoms with Crippen molar-refractivity contribution in [1.29, 1.82) is 0 Å². The van der Waals surface area contributed by atoms with Crippen LogP contribution < -0.4 is 5.73 Å². The molecule has 90 valence electrons. The van der Waals surface area contributed by atoms with Gasteiger partial charge < -0.3 is 5.73 Å². The summed E-state index contributed by atoms with van der Waals surface area (Å²) in [5.74, 6) is -0.373. The van der Waals surface area contributed by atoms with Gasteiger partial charge in [-0.1, -0.05) is 17.7 Å². The fourth-order valence-electron chi connectivity index (χ4n) is 1.56. The standard InChI is InChI=1S/C12H18ClFN2/c1-9(16(2)7-3-6-15)10-4-5-12(14)11(13)8-10/h4-5,8-9H,3,6-7,15H2,1-2H3. The minimum Gasteiger partial charge on any atom is -0.330 e. The highest BCUT2D eigenvalue weighted by molar-refractivity contribution is 6.30. The maximum atomic E-state index is 13.0. The third-order valence-corrected chi connectivity index (χ3v) is 3.09. The molecule has 1 rings (SSSR count). The van der Waals surface area contributed by atoms with E-state index in [1.165, 1.54) is 6.07 Å². The zero-order valence-corrected chi connectivity index (χ0v) is 10.5. The number of hydrogen-bond donors (Lipinski definition) is 1. The van der Waals surface area contributed by atoms with Crippen LogP contribution in [0.5, 0.6) is 0 Å². The predicted octanol–water partition coefficient (Wildman–Crippen LogP) is 2.82. The van der Waals surface area contributed by atoms with Gasteiger partial charge in [0.2, 0.25) is 0 Å². The highest BCUT2D eigenvalue weighted by Gasteiger charge is 2.12. The molecule has 0 spiro atoms. The highest BCUT2D eigenvalue weighted by atomic mass is 35.5. The lowest BCUT2D eigenvalue weighted by atomic mass is 10.1. The van der Waals surface area contributed by atoms with Crippen molar-refractivity contribution in [1.82, 2.24) is 4.90 Å². The highest BCUT2D eigenvalue weighted by Crippen LogP contribution is 2.23. The van der Waals surface area contributed by atoms with Crippen molar-refractivity contribution in [3.8, 4) is 0 Å². The van der Waals surface area contributed by atoms with E-state index in [0.717, 1.165) is 18.5 Å². The van der Waals surface area contributed by atoms with E-state index in [1.807, 2.05) is 7.05 Å². The Balaban J connectivity index is 2.71. The molecule has 1 atom stereocenters. The molecule has 2 nitrogen and oxygen atoms in total. The maximum Gasteiger partial charge on any atom is 0.141 e. The van der Waals surface area contributed by atoms with Gasteiger partial charge >= 0.3 is 0 Å². The Labute approximate surface area is 101 Å². The average molecular weight is 245 g/mol. The quantitative estimate of drug-likeness (QED) is 0.863. The first kappa shape index (κ1) is 13.4. The Bertz CT molecular complexity index is 344. The summed E-state index contributed by atoms with van der Waals surface area (Å²) in [6, 6.07) is 5.07. The molecule has 16 heavy (non-hydrogen) atoms. The second-order valence-electron chi connectivity index (χ2n) is 3.97. The summed E-state index contributed by atoms with van der Waals surface area (Å²) in [4.78, 5) is 2.18. The smallest absolute Gasteiger partial charge is 0.141 e. The predicted molar refractivity (Wildman–Crippen MR) is 66.1 cm³/mol. The Morgan fingerprint density at radius 1 is 1.50 bits per heavy atom. The first-order valence-electron chi connectivity index (χ1n) is 5.41. The summed E-state index contributed by atoms with van der Waals surface area (Å²) in [5, 5.41) is 0.177. The third-order valence-electron chi connectivity index (χ3n) is 2.80. The van der Waals surface area contributed by atoms with Gasteiger partial charge in [0.05, 0.1) is 5.02 Å². The largest absolute Gasteiger partial charge is 0.330 e. The SMILES string of the molecule is CC(c1ccc(F)c(Cl)c1)N(C)CCCN. The van der Waals surface area contributed by atoms with E-state index >= 15 is 0 Å². The Morgan fingerprint density at radius 2 is 2.19 bits per heavy atom. The van der Waals surface area contributed by atoms with Gasteiger partial charge in [0.1, 0.15) is 5.82 Å². The first-order chi connectivity index (χ1) is 7.56. The van der Waals surface area contributed by atoms with Crippen LogP contribution in [0.4, 0.5) is 4.39 Å². The lowest BCUT2D eigenvalue weighted by Gasteiger charge is -2.25. The minimum absolute atomic E-state index is 0.177. The van der Waals surface area contributed by atoms with Gasteiger partial charge in [0.25, 0.3) is 0 Å². The van der Waals surface area contributed by atoms with Crippen LogP contribution in [0.2, 0.25) is 5.02 Å². The van der Waals surface area contributed by atoms with Crippen molar-refractivity contribution in [3.63, 3.8) is 0 Å². The maximum absolute atomic E-state index is 13.0. The Hall–Kier alpha value is -0.640. The summed E-state index contributed by atoms with van der Waals surface area (Å²) in [5.41, 5.74) is 6.48. The van der Waals surface area contributed by atoms with Crippen LogP contribution in [0.1, 0.15) is 24.9 Å². The molecular formula is C12H18ClFN2. The zero-order chi connectivity index (χ0) is 12.1. The van der Waals surface area contributed by atoms with Gasteiger partial charge in [-0.05, 0) is 51.2 Å². The lowest BCUT2D eigenvalue weighted by molar-refractivity contribution is 0.260. The van der Waals surface area contributed by atoms with Crippen molar-refractivity contribution < 1.29 is 4.39 Å². The van der Waals surface area contributed by atoms with Crippen LogP contribution in [0, 0.1) is 5.82 Å². The van der Waals surface area contributed by atoms with E-state index in [-0.39, 0.29) is 16.9 Å². The van der Waals surface area contributed by atoms with Crippen molar-refractivity contribution >= 4 is 11.6 Å². The van der Waals surface area contributed by atoms with Crippen LogP contribution in [0.15, 0.2) is 18.2 Å². The van der Waals surface area contributed by atoms with Gasteiger partial charge in [0, 0.05) is 6.04 Å². The molecule has 0 aromatic heterocycles. The molecule has 0 fully saturated rings.